The van der Waals surface area contributed by atoms with Crippen LogP contribution >= 0.6 is 15.9 Å². The van der Waals surface area contributed by atoms with Gasteiger partial charge < -0.3 is 19.6 Å². The van der Waals surface area contributed by atoms with Crippen molar-refractivity contribution in [2.75, 3.05) is 12.3 Å². The van der Waals surface area contributed by atoms with Crippen molar-refractivity contribution in [1.29, 1.82) is 0 Å². The Bertz CT molecular complexity index is 885. The lowest BCUT2D eigenvalue weighted by molar-refractivity contribution is 0.267. The van der Waals surface area contributed by atoms with Crippen LogP contribution in [0.25, 0.3) is 11.5 Å². The van der Waals surface area contributed by atoms with Gasteiger partial charge in [0, 0.05) is 5.56 Å². The van der Waals surface area contributed by atoms with E-state index in [1.54, 1.807) is 24.3 Å². The number of halogens is 2. The van der Waals surface area contributed by atoms with Crippen molar-refractivity contribution in [3.05, 3.63) is 52.3 Å². The van der Waals surface area contributed by atoms with E-state index in [4.69, 9.17) is 19.6 Å². The van der Waals surface area contributed by atoms with Gasteiger partial charge in [0.2, 0.25) is 5.89 Å². The maximum atomic E-state index is 13.3. The second-order valence-electron chi connectivity index (χ2n) is 5.08. The van der Waals surface area contributed by atoms with E-state index in [0.29, 0.717) is 33.7 Å². The van der Waals surface area contributed by atoms with Gasteiger partial charge in [-0.25, -0.2) is 4.39 Å². The molecule has 2 aromatic carbocycles. The molecule has 3 rings (SSSR count). The smallest absolute Gasteiger partial charge is 0.313 e. The Kier molecular flexibility index (Phi) is 5.18. The van der Waals surface area contributed by atoms with Crippen molar-refractivity contribution in [1.82, 2.24) is 10.2 Å². The summed E-state index contributed by atoms with van der Waals surface area (Å²) in [6.07, 6.45) is 0. The molecule has 0 bridgehead atoms. The third-order valence-electron chi connectivity index (χ3n) is 3.27. The van der Waals surface area contributed by atoms with E-state index >= 15 is 0 Å². The van der Waals surface area contributed by atoms with Crippen molar-refractivity contribution in [3.63, 3.8) is 0 Å². The van der Waals surface area contributed by atoms with E-state index in [1.807, 2.05) is 6.92 Å². The predicted octanol–water partition coefficient (Wildman–Crippen LogP) is 4.20. The monoisotopic (exact) mass is 407 g/mol. The quantitative estimate of drug-likeness (QED) is 0.659. The molecule has 0 amide bonds. The van der Waals surface area contributed by atoms with Crippen molar-refractivity contribution >= 4 is 21.9 Å². The summed E-state index contributed by atoms with van der Waals surface area (Å²) in [6.45, 7) is 2.50. The van der Waals surface area contributed by atoms with Crippen LogP contribution in [0.5, 0.6) is 11.5 Å². The molecule has 0 atom stereocenters. The highest BCUT2D eigenvalue weighted by Crippen LogP contribution is 2.40. The number of hydrogen-bond acceptors (Lipinski definition) is 6. The molecule has 0 aliphatic heterocycles. The number of benzene rings is 2. The lowest BCUT2D eigenvalue weighted by Gasteiger charge is -2.15. The largest absolute Gasteiger partial charge is 0.490 e. The minimum absolute atomic E-state index is 0.0180. The van der Waals surface area contributed by atoms with Gasteiger partial charge in [-0.05, 0) is 52.7 Å². The highest BCUT2D eigenvalue weighted by Gasteiger charge is 2.16. The molecule has 8 heteroatoms. The number of aromatic nitrogens is 2. The molecule has 3 aromatic rings. The van der Waals surface area contributed by atoms with E-state index in [0.717, 1.165) is 0 Å². The van der Waals surface area contributed by atoms with Gasteiger partial charge in [0.05, 0.1) is 11.1 Å². The average Bonchev–Trinajstić information content (AvgIpc) is 3.01. The van der Waals surface area contributed by atoms with Gasteiger partial charge in [0.1, 0.15) is 12.4 Å². The van der Waals surface area contributed by atoms with Crippen molar-refractivity contribution in [2.24, 2.45) is 0 Å². The van der Waals surface area contributed by atoms with Crippen molar-refractivity contribution in [2.45, 2.75) is 13.5 Å². The summed E-state index contributed by atoms with van der Waals surface area (Å²) in [5.41, 5.74) is 6.81. The highest BCUT2D eigenvalue weighted by atomic mass is 79.9. The summed E-state index contributed by atoms with van der Waals surface area (Å²) < 4.78 is 30.6. The number of rotatable bonds is 6. The number of anilines is 1. The van der Waals surface area contributed by atoms with Crippen LogP contribution in [-0.2, 0) is 6.61 Å². The zero-order valence-electron chi connectivity index (χ0n) is 13.3. The first-order valence-electron chi connectivity index (χ1n) is 7.49. The summed E-state index contributed by atoms with van der Waals surface area (Å²) in [5, 5.41) is 7.50. The van der Waals surface area contributed by atoms with Gasteiger partial charge in [-0.2, -0.15) is 0 Å². The third-order valence-corrected chi connectivity index (χ3v) is 3.86. The van der Waals surface area contributed by atoms with E-state index in [-0.39, 0.29) is 24.3 Å². The average molecular weight is 408 g/mol. The summed E-state index contributed by atoms with van der Waals surface area (Å²) in [5.74, 6) is 0.966. The maximum absolute atomic E-state index is 13.3. The highest BCUT2D eigenvalue weighted by molar-refractivity contribution is 9.10. The molecule has 0 spiro atoms. The van der Waals surface area contributed by atoms with Crippen LogP contribution in [0.2, 0.25) is 0 Å². The predicted molar refractivity (Wildman–Crippen MR) is 93.7 cm³/mol. The Balaban J connectivity index is 1.89. The van der Waals surface area contributed by atoms with Crippen LogP contribution in [0, 0.1) is 5.82 Å². The first kappa shape index (κ1) is 17.2. The fourth-order valence-corrected chi connectivity index (χ4v) is 2.78. The van der Waals surface area contributed by atoms with Crippen LogP contribution in [-0.4, -0.2) is 16.8 Å². The molecule has 0 radical (unpaired) electrons. The van der Waals surface area contributed by atoms with E-state index in [9.17, 15) is 4.39 Å². The Morgan fingerprint density at radius 2 is 2.04 bits per heavy atom. The van der Waals surface area contributed by atoms with E-state index in [2.05, 4.69) is 26.1 Å². The molecule has 0 saturated carbocycles. The first-order chi connectivity index (χ1) is 12.1. The van der Waals surface area contributed by atoms with Crippen molar-refractivity contribution in [3.8, 4) is 23.0 Å². The minimum Gasteiger partial charge on any atom is -0.490 e. The number of nitrogens with zero attached hydrogens (tertiary/aromatic N) is 2. The number of nitrogen functional groups attached to an aromatic ring is 1. The molecule has 0 fully saturated rings. The molecule has 2 N–H and O–H groups in total. The molecule has 1 aromatic heterocycles. The molecule has 25 heavy (non-hydrogen) atoms. The molecule has 0 aliphatic rings. The van der Waals surface area contributed by atoms with Gasteiger partial charge in [0.25, 0.3) is 0 Å². The normalized spacial score (nSPS) is 10.7. The van der Waals surface area contributed by atoms with Gasteiger partial charge in [-0.3, -0.25) is 0 Å². The van der Waals surface area contributed by atoms with Gasteiger partial charge in [0.15, 0.2) is 11.5 Å². The minimum atomic E-state index is -0.311. The fourth-order valence-electron chi connectivity index (χ4n) is 2.23. The van der Waals surface area contributed by atoms with Crippen LogP contribution in [0.4, 0.5) is 10.4 Å². The van der Waals surface area contributed by atoms with Crippen molar-refractivity contribution < 1.29 is 18.3 Å². The Morgan fingerprint density at radius 1 is 1.20 bits per heavy atom. The molecule has 1 heterocycles. The first-order valence-corrected chi connectivity index (χ1v) is 8.29. The third kappa shape index (κ3) is 4.08. The molecule has 0 unspecified atom stereocenters. The number of nitrogens with two attached hydrogens (primary N) is 1. The summed E-state index contributed by atoms with van der Waals surface area (Å²) >= 11 is 3.46. The van der Waals surface area contributed by atoms with Gasteiger partial charge in [-0.1, -0.05) is 17.2 Å². The molecule has 130 valence electrons. The van der Waals surface area contributed by atoms with Gasteiger partial charge in [-0.15, -0.1) is 5.10 Å². The van der Waals surface area contributed by atoms with Crippen LogP contribution in [0.3, 0.4) is 0 Å². The fraction of sp³-hybridized carbons (Fsp3) is 0.176. The molecule has 0 saturated heterocycles. The lowest BCUT2D eigenvalue weighted by Crippen LogP contribution is -2.01. The summed E-state index contributed by atoms with van der Waals surface area (Å²) in [7, 11) is 0. The number of ether oxygens (including phenoxy) is 2. The second kappa shape index (κ2) is 7.52. The van der Waals surface area contributed by atoms with E-state index < -0.39 is 0 Å². The Hall–Kier alpha value is -2.61. The lowest BCUT2D eigenvalue weighted by atomic mass is 10.2. The topological polar surface area (TPSA) is 83.4 Å². The van der Waals surface area contributed by atoms with Gasteiger partial charge >= 0.3 is 6.01 Å². The SMILES string of the molecule is CCOc1cc(-c2nnc(N)o2)cc(Br)c1OCc1cccc(F)c1. The molecule has 6 nitrogen and oxygen atoms in total. The number of hydrogen-bond donors (Lipinski definition) is 1. The van der Waals surface area contributed by atoms with Crippen LogP contribution in [0.15, 0.2) is 45.3 Å². The summed E-state index contributed by atoms with van der Waals surface area (Å²) in [4.78, 5) is 0. The van der Waals surface area contributed by atoms with E-state index in [1.165, 1.54) is 12.1 Å². The van der Waals surface area contributed by atoms with Crippen LogP contribution in [0.1, 0.15) is 12.5 Å². The Labute approximate surface area is 151 Å². The molecular weight excluding hydrogens is 393 g/mol. The standard InChI is InChI=1S/C17H15BrFN3O3/c1-2-23-14-8-11(16-21-22-17(20)25-16)7-13(18)15(14)24-9-10-4-3-5-12(19)6-10/h3-8H,2,9H2,1H3,(H2,20,22). The van der Waals surface area contributed by atoms with Crippen LogP contribution < -0.4 is 15.2 Å². The zero-order valence-corrected chi connectivity index (χ0v) is 14.9. The molecule has 0 aliphatic carbocycles. The Morgan fingerprint density at radius 3 is 2.72 bits per heavy atom. The second-order valence-corrected chi connectivity index (χ2v) is 5.94. The zero-order chi connectivity index (χ0) is 17.8. The molecular formula is C17H15BrFN3O3. The maximum Gasteiger partial charge on any atom is 0.313 e. The summed E-state index contributed by atoms with van der Waals surface area (Å²) in [6, 6.07) is 9.69.